The minimum Gasteiger partial charge on any atom is -0.481 e. The summed E-state index contributed by atoms with van der Waals surface area (Å²) in [7, 11) is 0. The Morgan fingerprint density at radius 3 is 2.88 bits per heavy atom. The van der Waals surface area contributed by atoms with Crippen LogP contribution in [0.4, 0.5) is 0 Å². The first kappa shape index (κ1) is 13.0. The Labute approximate surface area is 95.6 Å². The molecule has 0 bridgehead atoms. The number of hydrogen-bond acceptors (Lipinski definition) is 3. The highest BCUT2D eigenvalue weighted by molar-refractivity contribution is 5.82. The maximum atomic E-state index is 11.7. The second-order valence-corrected chi connectivity index (χ2v) is 4.34. The molecule has 0 aromatic rings. The molecule has 0 aromatic carbocycles. The van der Waals surface area contributed by atoms with Gasteiger partial charge in [-0.15, -0.1) is 0 Å². The van der Waals surface area contributed by atoms with Crippen molar-refractivity contribution in [3.63, 3.8) is 0 Å². The SMILES string of the molecule is CC(CNC(=O)C1CCCCCN1)C(=O)O. The Morgan fingerprint density at radius 1 is 1.44 bits per heavy atom. The van der Waals surface area contributed by atoms with Gasteiger partial charge < -0.3 is 15.7 Å². The molecule has 2 unspecified atom stereocenters. The second-order valence-electron chi connectivity index (χ2n) is 4.34. The molecule has 0 spiro atoms. The van der Waals surface area contributed by atoms with E-state index >= 15 is 0 Å². The van der Waals surface area contributed by atoms with Gasteiger partial charge in [-0.3, -0.25) is 9.59 Å². The fraction of sp³-hybridized carbons (Fsp3) is 0.818. The number of carbonyl (C=O) groups excluding carboxylic acids is 1. The highest BCUT2D eigenvalue weighted by Gasteiger charge is 2.20. The van der Waals surface area contributed by atoms with Crippen molar-refractivity contribution in [1.29, 1.82) is 0 Å². The van der Waals surface area contributed by atoms with Crippen molar-refractivity contribution in [3.8, 4) is 0 Å². The number of rotatable bonds is 4. The van der Waals surface area contributed by atoms with Gasteiger partial charge in [0.1, 0.15) is 0 Å². The lowest BCUT2D eigenvalue weighted by molar-refractivity contribution is -0.141. The average molecular weight is 228 g/mol. The zero-order valence-electron chi connectivity index (χ0n) is 9.66. The number of nitrogens with one attached hydrogen (secondary N) is 2. The van der Waals surface area contributed by atoms with Gasteiger partial charge in [0.15, 0.2) is 0 Å². The van der Waals surface area contributed by atoms with Crippen molar-refractivity contribution in [2.75, 3.05) is 13.1 Å². The van der Waals surface area contributed by atoms with E-state index in [-0.39, 0.29) is 18.5 Å². The lowest BCUT2D eigenvalue weighted by Crippen LogP contribution is -2.45. The summed E-state index contributed by atoms with van der Waals surface area (Å²) in [5, 5.41) is 14.5. The molecule has 1 rings (SSSR count). The molecule has 1 aliphatic heterocycles. The van der Waals surface area contributed by atoms with Gasteiger partial charge in [0.25, 0.3) is 0 Å². The van der Waals surface area contributed by atoms with Crippen molar-refractivity contribution < 1.29 is 14.7 Å². The van der Waals surface area contributed by atoms with Crippen LogP contribution in [0.1, 0.15) is 32.6 Å². The van der Waals surface area contributed by atoms with Gasteiger partial charge in [-0.2, -0.15) is 0 Å². The molecule has 1 aliphatic rings. The molecule has 0 radical (unpaired) electrons. The summed E-state index contributed by atoms with van der Waals surface area (Å²) >= 11 is 0. The lowest BCUT2D eigenvalue weighted by Gasteiger charge is -2.16. The smallest absolute Gasteiger partial charge is 0.308 e. The monoisotopic (exact) mass is 228 g/mol. The molecule has 0 saturated carbocycles. The number of carboxylic acid groups (broad SMARTS) is 1. The average Bonchev–Trinajstić information content (AvgIpc) is 2.53. The number of carboxylic acids is 1. The summed E-state index contributed by atoms with van der Waals surface area (Å²) in [5.41, 5.74) is 0. The fourth-order valence-electron chi connectivity index (χ4n) is 1.72. The highest BCUT2D eigenvalue weighted by atomic mass is 16.4. The molecule has 16 heavy (non-hydrogen) atoms. The normalized spacial score (nSPS) is 23.2. The van der Waals surface area contributed by atoms with Crippen LogP contribution in [-0.4, -0.2) is 36.1 Å². The van der Waals surface area contributed by atoms with Crippen LogP contribution in [0.5, 0.6) is 0 Å². The summed E-state index contributed by atoms with van der Waals surface area (Å²) in [6, 6.07) is -0.150. The third-order valence-corrected chi connectivity index (χ3v) is 2.88. The van der Waals surface area contributed by atoms with Gasteiger partial charge in [0.05, 0.1) is 12.0 Å². The van der Waals surface area contributed by atoms with Crippen molar-refractivity contribution >= 4 is 11.9 Å². The molecule has 5 heteroatoms. The summed E-state index contributed by atoms with van der Waals surface area (Å²) in [5.74, 6) is -1.49. The van der Waals surface area contributed by atoms with Crippen molar-refractivity contribution in [1.82, 2.24) is 10.6 Å². The first-order valence-corrected chi connectivity index (χ1v) is 5.85. The van der Waals surface area contributed by atoms with Crippen LogP contribution in [-0.2, 0) is 9.59 Å². The van der Waals surface area contributed by atoms with E-state index in [2.05, 4.69) is 10.6 Å². The van der Waals surface area contributed by atoms with Crippen molar-refractivity contribution in [2.24, 2.45) is 5.92 Å². The topological polar surface area (TPSA) is 78.4 Å². The van der Waals surface area contributed by atoms with Crippen LogP contribution in [0.15, 0.2) is 0 Å². The molecule has 1 fully saturated rings. The van der Waals surface area contributed by atoms with Gasteiger partial charge in [-0.05, 0) is 19.4 Å². The van der Waals surface area contributed by atoms with E-state index in [1.807, 2.05) is 0 Å². The molecule has 0 aromatic heterocycles. The number of carbonyl (C=O) groups is 2. The van der Waals surface area contributed by atoms with E-state index in [4.69, 9.17) is 5.11 Å². The summed E-state index contributed by atoms with van der Waals surface area (Å²) in [6.07, 6.45) is 4.16. The molecule has 1 heterocycles. The van der Waals surface area contributed by atoms with Crippen LogP contribution in [0, 0.1) is 5.92 Å². The Balaban J connectivity index is 2.30. The van der Waals surface area contributed by atoms with Crippen LogP contribution in [0.25, 0.3) is 0 Å². The highest BCUT2D eigenvalue weighted by Crippen LogP contribution is 2.08. The molecule has 0 aliphatic carbocycles. The first-order valence-electron chi connectivity index (χ1n) is 5.85. The van der Waals surface area contributed by atoms with E-state index in [0.29, 0.717) is 0 Å². The maximum Gasteiger partial charge on any atom is 0.308 e. The van der Waals surface area contributed by atoms with E-state index in [0.717, 1.165) is 32.2 Å². The standard InChI is InChI=1S/C11H20N2O3/c1-8(11(15)16)7-13-10(14)9-5-3-2-4-6-12-9/h8-9,12H,2-7H2,1H3,(H,13,14)(H,15,16). The van der Waals surface area contributed by atoms with Gasteiger partial charge >= 0.3 is 5.97 Å². The van der Waals surface area contributed by atoms with E-state index in [1.165, 1.54) is 0 Å². The zero-order chi connectivity index (χ0) is 12.0. The van der Waals surface area contributed by atoms with E-state index in [9.17, 15) is 9.59 Å². The summed E-state index contributed by atoms with van der Waals surface area (Å²) in [4.78, 5) is 22.3. The first-order chi connectivity index (χ1) is 7.61. The summed E-state index contributed by atoms with van der Waals surface area (Å²) < 4.78 is 0. The number of hydrogen-bond donors (Lipinski definition) is 3. The Hall–Kier alpha value is -1.10. The van der Waals surface area contributed by atoms with E-state index < -0.39 is 11.9 Å². The predicted octanol–water partition coefficient (Wildman–Crippen LogP) is 0.356. The Bertz CT molecular complexity index is 248. The summed E-state index contributed by atoms with van der Waals surface area (Å²) in [6.45, 7) is 2.65. The predicted molar refractivity (Wildman–Crippen MR) is 60.1 cm³/mol. The molecular formula is C11H20N2O3. The molecule has 3 N–H and O–H groups in total. The minimum atomic E-state index is -0.880. The Kier molecular flexibility index (Phi) is 5.25. The van der Waals surface area contributed by atoms with Gasteiger partial charge in [-0.1, -0.05) is 19.8 Å². The van der Waals surface area contributed by atoms with Crippen LogP contribution in [0.2, 0.25) is 0 Å². The minimum absolute atomic E-state index is 0.0741. The Morgan fingerprint density at radius 2 is 2.19 bits per heavy atom. The lowest BCUT2D eigenvalue weighted by atomic mass is 10.1. The molecular weight excluding hydrogens is 208 g/mol. The van der Waals surface area contributed by atoms with Crippen LogP contribution >= 0.6 is 0 Å². The fourth-order valence-corrected chi connectivity index (χ4v) is 1.72. The van der Waals surface area contributed by atoms with Gasteiger partial charge in [0, 0.05) is 6.54 Å². The van der Waals surface area contributed by atoms with Crippen LogP contribution in [0.3, 0.4) is 0 Å². The number of amides is 1. The molecule has 2 atom stereocenters. The third-order valence-electron chi connectivity index (χ3n) is 2.88. The van der Waals surface area contributed by atoms with E-state index in [1.54, 1.807) is 6.92 Å². The molecule has 1 saturated heterocycles. The van der Waals surface area contributed by atoms with Crippen molar-refractivity contribution in [3.05, 3.63) is 0 Å². The van der Waals surface area contributed by atoms with Crippen molar-refractivity contribution in [2.45, 2.75) is 38.6 Å². The molecule has 5 nitrogen and oxygen atoms in total. The second kappa shape index (κ2) is 6.48. The van der Waals surface area contributed by atoms with Gasteiger partial charge in [-0.25, -0.2) is 0 Å². The number of aliphatic carboxylic acids is 1. The molecule has 92 valence electrons. The van der Waals surface area contributed by atoms with Gasteiger partial charge in [0.2, 0.25) is 5.91 Å². The zero-order valence-corrected chi connectivity index (χ0v) is 9.66. The molecule has 1 amide bonds. The van der Waals surface area contributed by atoms with Crippen LogP contribution < -0.4 is 10.6 Å². The largest absolute Gasteiger partial charge is 0.481 e. The third kappa shape index (κ3) is 4.18. The maximum absolute atomic E-state index is 11.7. The quantitative estimate of drug-likeness (QED) is 0.649.